The number of halogens is 3. The third-order valence-corrected chi connectivity index (χ3v) is 2.62. The molecule has 0 bridgehead atoms. The van der Waals surface area contributed by atoms with Gasteiger partial charge in [0, 0.05) is 18.2 Å². The fraction of sp³-hybridized carbons (Fsp3) is 0.143. The fourth-order valence-electron chi connectivity index (χ4n) is 1.63. The Morgan fingerprint density at radius 1 is 0.947 bits per heavy atom. The molecule has 0 aromatic heterocycles. The van der Waals surface area contributed by atoms with Gasteiger partial charge in [0.1, 0.15) is 18.2 Å². The molecule has 0 saturated carbocycles. The van der Waals surface area contributed by atoms with Crippen LogP contribution in [0.15, 0.2) is 36.4 Å². The third kappa shape index (κ3) is 3.26. The Morgan fingerprint density at radius 3 is 2.42 bits per heavy atom. The zero-order valence-electron chi connectivity index (χ0n) is 10.00. The Hall–Kier alpha value is -2.01. The highest BCUT2D eigenvalue weighted by molar-refractivity contribution is 5.27. The largest absolute Gasteiger partial charge is 0.486 e. The highest BCUT2D eigenvalue weighted by atomic mass is 19.1. The molecule has 0 saturated heterocycles. The highest BCUT2D eigenvalue weighted by Gasteiger charge is 2.06. The smallest absolute Gasteiger partial charge is 0.167 e. The zero-order valence-corrected chi connectivity index (χ0v) is 10.00. The van der Waals surface area contributed by atoms with E-state index in [1.807, 2.05) is 0 Å². The van der Waals surface area contributed by atoms with Crippen LogP contribution in [0.1, 0.15) is 11.1 Å². The molecule has 2 nitrogen and oxygen atoms in total. The summed E-state index contributed by atoms with van der Waals surface area (Å²) in [6, 6.07) is 7.41. The van der Waals surface area contributed by atoms with E-state index >= 15 is 0 Å². The van der Waals surface area contributed by atoms with Crippen LogP contribution in [-0.4, -0.2) is 0 Å². The molecule has 19 heavy (non-hydrogen) atoms. The van der Waals surface area contributed by atoms with Crippen LogP contribution in [0.25, 0.3) is 0 Å². The van der Waals surface area contributed by atoms with Crippen LogP contribution in [-0.2, 0) is 13.2 Å². The normalized spacial score (nSPS) is 10.5. The van der Waals surface area contributed by atoms with E-state index in [0.29, 0.717) is 11.1 Å². The number of nitrogens with two attached hydrogens (primary N) is 1. The molecule has 0 spiro atoms. The van der Waals surface area contributed by atoms with Crippen LogP contribution in [0.2, 0.25) is 0 Å². The molecular weight excluding hydrogens is 255 g/mol. The van der Waals surface area contributed by atoms with Crippen LogP contribution in [0.5, 0.6) is 5.75 Å². The summed E-state index contributed by atoms with van der Waals surface area (Å²) in [4.78, 5) is 0. The number of hydrogen-bond donors (Lipinski definition) is 1. The monoisotopic (exact) mass is 267 g/mol. The van der Waals surface area contributed by atoms with Crippen molar-refractivity contribution in [3.63, 3.8) is 0 Å². The first-order valence-corrected chi connectivity index (χ1v) is 5.65. The molecule has 2 N–H and O–H groups in total. The van der Waals surface area contributed by atoms with Crippen LogP contribution >= 0.6 is 0 Å². The van der Waals surface area contributed by atoms with Crippen molar-refractivity contribution in [1.29, 1.82) is 0 Å². The summed E-state index contributed by atoms with van der Waals surface area (Å²) < 4.78 is 44.5. The lowest BCUT2D eigenvalue weighted by atomic mass is 10.1. The minimum atomic E-state index is -0.777. The molecule has 2 aromatic carbocycles. The van der Waals surface area contributed by atoms with Crippen molar-refractivity contribution in [3.05, 3.63) is 65.0 Å². The van der Waals surface area contributed by atoms with Crippen molar-refractivity contribution in [2.75, 3.05) is 0 Å². The van der Waals surface area contributed by atoms with Crippen molar-refractivity contribution < 1.29 is 17.9 Å². The van der Waals surface area contributed by atoms with Gasteiger partial charge in [-0.1, -0.05) is 6.07 Å². The van der Waals surface area contributed by atoms with Crippen LogP contribution in [0, 0.1) is 17.5 Å². The van der Waals surface area contributed by atoms with Crippen molar-refractivity contribution in [2.45, 2.75) is 13.2 Å². The van der Waals surface area contributed by atoms with Crippen molar-refractivity contribution in [3.8, 4) is 5.75 Å². The summed E-state index contributed by atoms with van der Waals surface area (Å²) in [5, 5.41) is 0. The van der Waals surface area contributed by atoms with Crippen LogP contribution in [0.3, 0.4) is 0 Å². The van der Waals surface area contributed by atoms with Gasteiger partial charge >= 0.3 is 0 Å². The molecule has 0 amide bonds. The lowest BCUT2D eigenvalue weighted by Gasteiger charge is -2.09. The molecule has 0 aliphatic heterocycles. The maximum atomic E-state index is 13.3. The SMILES string of the molecule is NCc1cc(COc2ccc(F)cc2F)ccc1F. The molecule has 2 aromatic rings. The second-order valence-corrected chi connectivity index (χ2v) is 3.99. The molecule has 100 valence electrons. The number of benzene rings is 2. The van der Waals surface area contributed by atoms with Gasteiger partial charge in [0.05, 0.1) is 0 Å². The predicted molar refractivity (Wildman–Crippen MR) is 65.0 cm³/mol. The van der Waals surface area contributed by atoms with Gasteiger partial charge in [0.15, 0.2) is 11.6 Å². The summed E-state index contributed by atoms with van der Waals surface area (Å²) >= 11 is 0. The summed E-state index contributed by atoms with van der Waals surface area (Å²) in [5.74, 6) is -1.89. The van der Waals surface area contributed by atoms with E-state index in [2.05, 4.69) is 0 Å². The van der Waals surface area contributed by atoms with Gasteiger partial charge < -0.3 is 10.5 Å². The Kier molecular flexibility index (Phi) is 4.06. The minimum Gasteiger partial charge on any atom is -0.486 e. The molecule has 0 unspecified atom stereocenters. The molecule has 0 aliphatic rings. The van der Waals surface area contributed by atoms with Crippen LogP contribution in [0.4, 0.5) is 13.2 Å². The average molecular weight is 267 g/mol. The maximum absolute atomic E-state index is 13.3. The van der Waals surface area contributed by atoms with Gasteiger partial charge in [0.25, 0.3) is 0 Å². The van der Waals surface area contributed by atoms with Gasteiger partial charge in [-0.25, -0.2) is 13.2 Å². The molecule has 0 radical (unpaired) electrons. The molecule has 0 fully saturated rings. The topological polar surface area (TPSA) is 35.2 Å². The number of ether oxygens (including phenoxy) is 1. The second-order valence-electron chi connectivity index (χ2n) is 3.99. The summed E-state index contributed by atoms with van der Waals surface area (Å²) in [5.41, 5.74) is 6.40. The molecule has 0 atom stereocenters. The van der Waals surface area contributed by atoms with E-state index in [4.69, 9.17) is 10.5 Å². The standard InChI is InChI=1S/C14H12F3NO/c15-11-2-4-14(13(17)6-11)19-8-9-1-3-12(16)10(5-9)7-18/h1-6H,7-8,18H2. The first kappa shape index (κ1) is 13.4. The summed E-state index contributed by atoms with van der Waals surface area (Å²) in [7, 11) is 0. The molecule has 0 heterocycles. The van der Waals surface area contributed by atoms with E-state index in [1.165, 1.54) is 18.2 Å². The maximum Gasteiger partial charge on any atom is 0.167 e. The zero-order chi connectivity index (χ0) is 13.8. The second kappa shape index (κ2) is 5.75. The van der Waals surface area contributed by atoms with E-state index in [1.54, 1.807) is 6.07 Å². The van der Waals surface area contributed by atoms with Crippen molar-refractivity contribution >= 4 is 0 Å². The molecule has 5 heteroatoms. The van der Waals surface area contributed by atoms with Gasteiger partial charge in [-0.3, -0.25) is 0 Å². The van der Waals surface area contributed by atoms with Crippen LogP contribution < -0.4 is 10.5 Å². The number of rotatable bonds is 4. The first-order chi connectivity index (χ1) is 9.10. The van der Waals surface area contributed by atoms with E-state index in [-0.39, 0.29) is 24.7 Å². The Labute approximate surface area is 108 Å². The Morgan fingerprint density at radius 2 is 1.74 bits per heavy atom. The molecule has 2 rings (SSSR count). The summed E-state index contributed by atoms with van der Waals surface area (Å²) in [6.45, 7) is 0.125. The van der Waals surface area contributed by atoms with E-state index < -0.39 is 11.6 Å². The number of hydrogen-bond acceptors (Lipinski definition) is 2. The molecular formula is C14H12F3NO. The molecule has 0 aliphatic carbocycles. The van der Waals surface area contributed by atoms with Gasteiger partial charge in [-0.15, -0.1) is 0 Å². The van der Waals surface area contributed by atoms with E-state index in [9.17, 15) is 13.2 Å². The predicted octanol–water partition coefficient (Wildman–Crippen LogP) is 3.14. The Balaban J connectivity index is 2.10. The first-order valence-electron chi connectivity index (χ1n) is 5.65. The quantitative estimate of drug-likeness (QED) is 0.923. The average Bonchev–Trinajstić information content (AvgIpc) is 2.39. The lowest BCUT2D eigenvalue weighted by molar-refractivity contribution is 0.289. The van der Waals surface area contributed by atoms with E-state index in [0.717, 1.165) is 12.1 Å². The minimum absolute atomic E-state index is 0.0514. The Bertz CT molecular complexity index is 587. The van der Waals surface area contributed by atoms with Crippen molar-refractivity contribution in [1.82, 2.24) is 0 Å². The van der Waals surface area contributed by atoms with Gasteiger partial charge in [-0.2, -0.15) is 0 Å². The fourth-order valence-corrected chi connectivity index (χ4v) is 1.63. The third-order valence-electron chi connectivity index (χ3n) is 2.62. The van der Waals surface area contributed by atoms with Gasteiger partial charge in [0.2, 0.25) is 0 Å². The lowest BCUT2D eigenvalue weighted by Crippen LogP contribution is -2.03. The van der Waals surface area contributed by atoms with Crippen molar-refractivity contribution in [2.24, 2.45) is 5.73 Å². The van der Waals surface area contributed by atoms with Gasteiger partial charge in [-0.05, 0) is 29.8 Å². The summed E-state index contributed by atoms with van der Waals surface area (Å²) in [6.07, 6.45) is 0. The highest BCUT2D eigenvalue weighted by Crippen LogP contribution is 2.19.